The van der Waals surface area contributed by atoms with Crippen molar-refractivity contribution in [1.82, 2.24) is 4.98 Å². The summed E-state index contributed by atoms with van der Waals surface area (Å²) in [7, 11) is 0. The second-order valence-electron chi connectivity index (χ2n) is 3.61. The Hall–Kier alpha value is -1.56. The summed E-state index contributed by atoms with van der Waals surface area (Å²) in [5, 5.41) is 11.4. The van der Waals surface area contributed by atoms with Gasteiger partial charge in [-0.25, -0.2) is 4.98 Å². The van der Waals surface area contributed by atoms with Crippen LogP contribution >= 0.6 is 34.8 Å². The highest BCUT2D eigenvalue weighted by Crippen LogP contribution is 2.40. The number of halogens is 3. The Morgan fingerprint density at radius 1 is 1.16 bits per heavy atom. The zero-order chi connectivity index (χ0) is 14.2. The van der Waals surface area contributed by atoms with Crippen molar-refractivity contribution in [3.8, 4) is 11.1 Å². The van der Waals surface area contributed by atoms with Gasteiger partial charge in [0.05, 0.1) is 20.0 Å². The predicted molar refractivity (Wildman–Crippen MR) is 75.8 cm³/mol. The normalized spacial score (nSPS) is 10.5. The minimum Gasteiger partial charge on any atom is -0.383 e. The number of rotatable bonds is 2. The largest absolute Gasteiger partial charge is 0.383 e. The maximum Gasteiger partial charge on any atom is 0.288 e. The Morgan fingerprint density at radius 3 is 2.47 bits per heavy atom. The average molecular weight is 319 g/mol. The Bertz CT molecular complexity index is 676. The van der Waals surface area contributed by atoms with Gasteiger partial charge in [-0.15, -0.1) is 0 Å². The van der Waals surface area contributed by atoms with Gasteiger partial charge >= 0.3 is 0 Å². The molecule has 19 heavy (non-hydrogen) atoms. The summed E-state index contributed by atoms with van der Waals surface area (Å²) in [6, 6.07) is 4.39. The molecule has 0 spiro atoms. The van der Waals surface area contributed by atoms with Crippen LogP contribution in [0, 0.1) is 10.1 Å². The first-order chi connectivity index (χ1) is 8.91. The molecule has 2 aromatic rings. The summed E-state index contributed by atoms with van der Waals surface area (Å²) in [5.41, 5.74) is 6.29. The molecule has 0 bridgehead atoms. The molecule has 1 heterocycles. The molecule has 0 radical (unpaired) electrons. The maximum absolute atomic E-state index is 10.7. The number of nitrogen functional groups attached to an aromatic ring is 1. The van der Waals surface area contributed by atoms with E-state index in [4.69, 9.17) is 40.5 Å². The van der Waals surface area contributed by atoms with Crippen LogP contribution < -0.4 is 5.73 Å². The van der Waals surface area contributed by atoms with E-state index >= 15 is 0 Å². The number of anilines is 1. The monoisotopic (exact) mass is 317 g/mol. The summed E-state index contributed by atoms with van der Waals surface area (Å²) >= 11 is 17.8. The van der Waals surface area contributed by atoms with Crippen molar-refractivity contribution in [3.63, 3.8) is 0 Å². The molecular formula is C11H6Cl3N3O2. The minimum atomic E-state index is -0.568. The van der Waals surface area contributed by atoms with Crippen LogP contribution in [0.25, 0.3) is 11.1 Å². The second kappa shape index (κ2) is 5.21. The average Bonchev–Trinajstić information content (AvgIpc) is 2.37. The SMILES string of the molecule is Nc1ncc([N+](=O)[O-])cc1-c1ccc(Cl)c(Cl)c1Cl. The van der Waals surface area contributed by atoms with Crippen LogP contribution in [0.3, 0.4) is 0 Å². The standard InChI is InChI=1S/C11H6Cl3N3O2/c12-8-2-1-6(9(13)10(8)14)7-3-5(17(18)19)4-16-11(7)15/h1-4H,(H2,15,16). The third-order valence-electron chi connectivity index (χ3n) is 2.44. The van der Waals surface area contributed by atoms with Crippen molar-refractivity contribution in [3.05, 3.63) is 49.6 Å². The van der Waals surface area contributed by atoms with E-state index in [0.29, 0.717) is 11.1 Å². The van der Waals surface area contributed by atoms with Crippen LogP contribution in [0.2, 0.25) is 15.1 Å². The van der Waals surface area contributed by atoms with Crippen LogP contribution in [-0.4, -0.2) is 9.91 Å². The van der Waals surface area contributed by atoms with E-state index in [1.54, 1.807) is 6.07 Å². The van der Waals surface area contributed by atoms with Crippen molar-refractivity contribution in [2.24, 2.45) is 0 Å². The van der Waals surface area contributed by atoms with E-state index in [-0.39, 0.29) is 26.6 Å². The number of nitrogens with zero attached hydrogens (tertiary/aromatic N) is 2. The Kier molecular flexibility index (Phi) is 3.80. The van der Waals surface area contributed by atoms with Gasteiger partial charge in [0.25, 0.3) is 5.69 Å². The number of hydrogen-bond donors (Lipinski definition) is 1. The topological polar surface area (TPSA) is 82.0 Å². The highest BCUT2D eigenvalue weighted by molar-refractivity contribution is 6.49. The quantitative estimate of drug-likeness (QED) is 0.511. The molecule has 98 valence electrons. The van der Waals surface area contributed by atoms with Crippen LogP contribution in [0.4, 0.5) is 11.5 Å². The van der Waals surface area contributed by atoms with Gasteiger partial charge in [-0.05, 0) is 6.07 Å². The molecule has 0 saturated heterocycles. The number of nitrogens with two attached hydrogens (primary N) is 1. The number of pyridine rings is 1. The fourth-order valence-corrected chi connectivity index (χ4v) is 2.15. The molecule has 5 nitrogen and oxygen atoms in total. The molecule has 2 N–H and O–H groups in total. The lowest BCUT2D eigenvalue weighted by atomic mass is 10.1. The number of nitro groups is 1. The third-order valence-corrected chi connectivity index (χ3v) is 3.73. The van der Waals surface area contributed by atoms with E-state index < -0.39 is 4.92 Å². The molecule has 0 aliphatic rings. The fourth-order valence-electron chi connectivity index (χ4n) is 1.51. The fraction of sp³-hybridized carbons (Fsp3) is 0. The van der Waals surface area contributed by atoms with Crippen molar-refractivity contribution in [2.45, 2.75) is 0 Å². The van der Waals surface area contributed by atoms with Gasteiger partial charge in [-0.2, -0.15) is 0 Å². The van der Waals surface area contributed by atoms with E-state index in [9.17, 15) is 10.1 Å². The molecule has 0 aliphatic carbocycles. The molecule has 2 rings (SSSR count). The molecule has 1 aromatic carbocycles. The molecule has 0 unspecified atom stereocenters. The first-order valence-corrected chi connectivity index (χ1v) is 6.09. The highest BCUT2D eigenvalue weighted by atomic mass is 35.5. The second-order valence-corrected chi connectivity index (χ2v) is 4.77. The van der Waals surface area contributed by atoms with Gasteiger partial charge in [-0.3, -0.25) is 10.1 Å². The van der Waals surface area contributed by atoms with E-state index in [2.05, 4.69) is 4.98 Å². The third kappa shape index (κ3) is 2.58. The smallest absolute Gasteiger partial charge is 0.288 e. The maximum atomic E-state index is 10.7. The van der Waals surface area contributed by atoms with E-state index in [1.165, 1.54) is 12.1 Å². The van der Waals surface area contributed by atoms with Crippen LogP contribution in [-0.2, 0) is 0 Å². The first-order valence-electron chi connectivity index (χ1n) is 4.95. The van der Waals surface area contributed by atoms with Crippen molar-refractivity contribution < 1.29 is 4.92 Å². The molecule has 1 aromatic heterocycles. The first kappa shape index (κ1) is 13.9. The van der Waals surface area contributed by atoms with Crippen molar-refractivity contribution in [2.75, 3.05) is 5.73 Å². The summed E-state index contributed by atoms with van der Waals surface area (Å²) in [5.74, 6) is 0.117. The summed E-state index contributed by atoms with van der Waals surface area (Å²) in [4.78, 5) is 13.9. The van der Waals surface area contributed by atoms with Crippen molar-refractivity contribution >= 4 is 46.3 Å². The van der Waals surface area contributed by atoms with Gasteiger partial charge < -0.3 is 5.73 Å². The van der Waals surface area contributed by atoms with Gasteiger partial charge in [0.2, 0.25) is 0 Å². The summed E-state index contributed by atoms with van der Waals surface area (Å²) < 4.78 is 0. The molecule has 0 aliphatic heterocycles. The van der Waals surface area contributed by atoms with E-state index in [0.717, 1.165) is 6.20 Å². The molecule has 8 heteroatoms. The lowest BCUT2D eigenvalue weighted by Crippen LogP contribution is -1.97. The van der Waals surface area contributed by atoms with E-state index in [1.807, 2.05) is 0 Å². The molecule has 0 amide bonds. The summed E-state index contributed by atoms with van der Waals surface area (Å²) in [6.07, 6.45) is 1.07. The van der Waals surface area contributed by atoms with Crippen LogP contribution in [0.1, 0.15) is 0 Å². The zero-order valence-corrected chi connectivity index (χ0v) is 11.5. The number of benzene rings is 1. The van der Waals surface area contributed by atoms with Gasteiger partial charge in [0.1, 0.15) is 12.0 Å². The van der Waals surface area contributed by atoms with Gasteiger partial charge in [-0.1, -0.05) is 40.9 Å². The van der Waals surface area contributed by atoms with Crippen molar-refractivity contribution in [1.29, 1.82) is 0 Å². The van der Waals surface area contributed by atoms with Gasteiger partial charge in [0.15, 0.2) is 0 Å². The molecule has 0 saturated carbocycles. The Balaban J connectivity index is 2.68. The van der Waals surface area contributed by atoms with Crippen LogP contribution in [0.5, 0.6) is 0 Å². The molecule has 0 fully saturated rings. The summed E-state index contributed by atoms with van der Waals surface area (Å²) in [6.45, 7) is 0. The molecule has 0 atom stereocenters. The van der Waals surface area contributed by atoms with Crippen LogP contribution in [0.15, 0.2) is 24.4 Å². The Labute approximate surface area is 123 Å². The highest BCUT2D eigenvalue weighted by Gasteiger charge is 2.16. The van der Waals surface area contributed by atoms with Gasteiger partial charge in [0, 0.05) is 17.2 Å². The predicted octanol–water partition coefficient (Wildman–Crippen LogP) is 4.20. The lowest BCUT2D eigenvalue weighted by Gasteiger charge is -2.09. The minimum absolute atomic E-state index is 0.117. The lowest BCUT2D eigenvalue weighted by molar-refractivity contribution is -0.385. The zero-order valence-electron chi connectivity index (χ0n) is 9.23. The Morgan fingerprint density at radius 2 is 1.84 bits per heavy atom. The molecular weight excluding hydrogens is 312 g/mol. The number of aromatic nitrogens is 1. The number of hydrogen-bond acceptors (Lipinski definition) is 4.